The van der Waals surface area contributed by atoms with Crippen molar-refractivity contribution in [1.29, 1.82) is 5.26 Å². The Balaban J connectivity index is 2.27. The van der Waals surface area contributed by atoms with E-state index < -0.39 is 6.09 Å². The van der Waals surface area contributed by atoms with Crippen molar-refractivity contribution in [3.8, 4) is 12.0 Å². The van der Waals surface area contributed by atoms with E-state index in [1.807, 2.05) is 0 Å². The minimum absolute atomic E-state index is 0.113. The van der Waals surface area contributed by atoms with Crippen molar-refractivity contribution in [3.05, 3.63) is 29.8 Å². The van der Waals surface area contributed by atoms with Crippen LogP contribution in [0.3, 0.4) is 0 Å². The number of hydrogen-bond acceptors (Lipinski definition) is 5. The first-order valence-corrected chi connectivity index (χ1v) is 5.86. The molecule has 1 rings (SSSR count). The van der Waals surface area contributed by atoms with E-state index in [1.54, 1.807) is 37.6 Å². The Kier molecular flexibility index (Phi) is 6.41. The second-order valence-electron chi connectivity index (χ2n) is 3.93. The van der Waals surface area contributed by atoms with Crippen molar-refractivity contribution >= 4 is 12.5 Å². The Bertz CT molecular complexity index is 481. The van der Waals surface area contributed by atoms with Crippen molar-refractivity contribution in [2.75, 3.05) is 20.1 Å². The zero-order valence-electron chi connectivity index (χ0n) is 11.0. The minimum atomic E-state index is -0.554. The molecule has 0 radical (unpaired) electrons. The van der Waals surface area contributed by atoms with Crippen LogP contribution in [0.4, 0.5) is 4.79 Å². The molecule has 0 unspecified atom stereocenters. The third-order valence-electron chi connectivity index (χ3n) is 2.37. The summed E-state index contributed by atoms with van der Waals surface area (Å²) in [5, 5.41) is 10.8. The number of likely N-dealkylation sites (N-methyl/N-ethyl adjacent to an activating group) is 1. The topological polar surface area (TPSA) is 91.7 Å². The molecular formula is C13H15N3O4. The molecule has 0 aliphatic heterocycles. The van der Waals surface area contributed by atoms with Crippen LogP contribution in [0.5, 0.6) is 5.75 Å². The van der Waals surface area contributed by atoms with Crippen LogP contribution in [0, 0.1) is 11.5 Å². The number of rotatable bonds is 7. The predicted molar refractivity (Wildman–Crippen MR) is 69.6 cm³/mol. The number of ether oxygens (including phenoxy) is 2. The minimum Gasteiger partial charge on any atom is -0.445 e. The molecule has 1 aromatic rings. The molecule has 0 saturated heterocycles. The predicted octanol–water partition coefficient (Wildman–Crippen LogP) is 0.861. The second-order valence-corrected chi connectivity index (χ2v) is 3.93. The van der Waals surface area contributed by atoms with Gasteiger partial charge in [0, 0.05) is 20.1 Å². The van der Waals surface area contributed by atoms with E-state index in [-0.39, 0.29) is 6.61 Å². The lowest BCUT2D eigenvalue weighted by Crippen LogP contribution is -2.32. The van der Waals surface area contributed by atoms with Gasteiger partial charge in [-0.15, -0.1) is 5.26 Å². The van der Waals surface area contributed by atoms with Gasteiger partial charge in [-0.05, 0) is 17.7 Å². The molecule has 0 fully saturated rings. The van der Waals surface area contributed by atoms with Gasteiger partial charge in [0.15, 0.2) is 0 Å². The van der Waals surface area contributed by atoms with Gasteiger partial charge in [0.2, 0.25) is 6.41 Å². The first-order valence-electron chi connectivity index (χ1n) is 5.86. The van der Waals surface area contributed by atoms with Crippen LogP contribution in [0.1, 0.15) is 5.56 Å². The van der Waals surface area contributed by atoms with E-state index in [2.05, 4.69) is 10.1 Å². The highest BCUT2D eigenvalue weighted by Gasteiger charge is 2.03. The van der Waals surface area contributed by atoms with Gasteiger partial charge < -0.3 is 19.7 Å². The first kappa shape index (κ1) is 15.3. The number of benzene rings is 1. The van der Waals surface area contributed by atoms with Crippen LogP contribution < -0.4 is 10.1 Å². The summed E-state index contributed by atoms with van der Waals surface area (Å²) in [6, 6.07) is 6.61. The third-order valence-corrected chi connectivity index (χ3v) is 2.37. The number of amides is 2. The van der Waals surface area contributed by atoms with E-state index in [0.717, 1.165) is 5.56 Å². The van der Waals surface area contributed by atoms with Gasteiger partial charge in [-0.3, -0.25) is 4.79 Å². The molecule has 7 heteroatoms. The monoisotopic (exact) mass is 277 g/mol. The van der Waals surface area contributed by atoms with Gasteiger partial charge in [0.05, 0.1) is 0 Å². The Morgan fingerprint density at radius 2 is 2.15 bits per heavy atom. The van der Waals surface area contributed by atoms with Gasteiger partial charge in [-0.1, -0.05) is 12.1 Å². The maximum absolute atomic E-state index is 11.3. The molecule has 0 atom stereocenters. The van der Waals surface area contributed by atoms with E-state index in [0.29, 0.717) is 25.2 Å². The van der Waals surface area contributed by atoms with Crippen LogP contribution in [0.25, 0.3) is 0 Å². The van der Waals surface area contributed by atoms with Crippen LogP contribution in [0.15, 0.2) is 24.3 Å². The Morgan fingerprint density at radius 3 is 2.75 bits per heavy atom. The van der Waals surface area contributed by atoms with Crippen LogP contribution in [-0.2, 0) is 16.1 Å². The smallest absolute Gasteiger partial charge is 0.407 e. The van der Waals surface area contributed by atoms with Crippen LogP contribution in [0.2, 0.25) is 0 Å². The summed E-state index contributed by atoms with van der Waals surface area (Å²) in [6.07, 6.45) is 1.69. The summed E-state index contributed by atoms with van der Waals surface area (Å²) < 4.78 is 9.61. The maximum Gasteiger partial charge on any atom is 0.407 e. The van der Waals surface area contributed by atoms with Crippen molar-refractivity contribution in [2.45, 2.75) is 6.61 Å². The molecule has 0 bridgehead atoms. The van der Waals surface area contributed by atoms with E-state index in [4.69, 9.17) is 10.00 Å². The largest absolute Gasteiger partial charge is 0.445 e. The van der Waals surface area contributed by atoms with E-state index >= 15 is 0 Å². The highest BCUT2D eigenvalue weighted by molar-refractivity contribution is 5.67. The summed E-state index contributed by atoms with van der Waals surface area (Å²) in [6.45, 7) is 0.851. The van der Waals surface area contributed by atoms with Crippen molar-refractivity contribution in [3.63, 3.8) is 0 Å². The summed E-state index contributed by atoms with van der Waals surface area (Å²) in [5.41, 5.74) is 0.774. The van der Waals surface area contributed by atoms with E-state index in [1.165, 1.54) is 4.90 Å². The molecule has 7 nitrogen and oxygen atoms in total. The highest BCUT2D eigenvalue weighted by Crippen LogP contribution is 2.12. The Morgan fingerprint density at radius 1 is 1.45 bits per heavy atom. The number of alkyl carbamates (subject to hydrolysis) is 1. The Labute approximate surface area is 116 Å². The second kappa shape index (κ2) is 8.37. The maximum atomic E-state index is 11.3. The lowest BCUT2D eigenvalue weighted by atomic mass is 10.2. The highest BCUT2D eigenvalue weighted by atomic mass is 16.5. The standard InChI is InChI=1S/C13H15N3O4/c1-16(10-17)7-6-15-13(18)19-8-11-2-4-12(5-3-11)20-9-14/h2-5,10H,6-8H2,1H3,(H,15,18). The van der Waals surface area contributed by atoms with Gasteiger partial charge in [0.1, 0.15) is 12.4 Å². The summed E-state index contributed by atoms with van der Waals surface area (Å²) >= 11 is 0. The van der Waals surface area contributed by atoms with Gasteiger partial charge in [0.25, 0.3) is 6.26 Å². The number of nitrogens with zero attached hydrogens (tertiary/aromatic N) is 2. The number of nitriles is 1. The molecule has 1 aromatic carbocycles. The molecule has 106 valence electrons. The lowest BCUT2D eigenvalue weighted by Gasteiger charge is -2.11. The van der Waals surface area contributed by atoms with Crippen molar-refractivity contribution < 1.29 is 19.1 Å². The normalized spacial score (nSPS) is 9.20. The molecular weight excluding hydrogens is 262 g/mol. The number of carbonyl (C=O) groups excluding carboxylic acids is 2. The average Bonchev–Trinajstić information content (AvgIpc) is 2.46. The van der Waals surface area contributed by atoms with Crippen LogP contribution in [-0.4, -0.2) is 37.5 Å². The zero-order valence-corrected chi connectivity index (χ0v) is 11.0. The third kappa shape index (κ3) is 5.73. The fourth-order valence-corrected chi connectivity index (χ4v) is 1.29. The Hall–Kier alpha value is -2.75. The molecule has 0 aromatic heterocycles. The first-order chi connectivity index (χ1) is 9.65. The van der Waals surface area contributed by atoms with Crippen molar-refractivity contribution in [1.82, 2.24) is 10.2 Å². The molecule has 2 amide bonds. The molecule has 1 N–H and O–H groups in total. The molecule has 0 heterocycles. The van der Waals surface area contributed by atoms with Crippen molar-refractivity contribution in [2.24, 2.45) is 0 Å². The summed E-state index contributed by atoms with van der Waals surface area (Å²) in [7, 11) is 1.62. The quantitative estimate of drug-likeness (QED) is 0.589. The van der Waals surface area contributed by atoms with Crippen LogP contribution >= 0.6 is 0 Å². The van der Waals surface area contributed by atoms with Gasteiger partial charge in [-0.25, -0.2) is 4.79 Å². The SMILES string of the molecule is CN(C=O)CCNC(=O)OCc1ccc(OC#N)cc1. The number of nitrogens with one attached hydrogen (secondary N) is 1. The summed E-state index contributed by atoms with van der Waals surface area (Å²) in [5.74, 6) is 0.428. The fourth-order valence-electron chi connectivity index (χ4n) is 1.29. The average molecular weight is 277 g/mol. The molecule has 0 saturated carbocycles. The molecule has 0 aliphatic carbocycles. The summed E-state index contributed by atoms with van der Waals surface area (Å²) in [4.78, 5) is 23.1. The molecule has 20 heavy (non-hydrogen) atoms. The van der Waals surface area contributed by atoms with Gasteiger partial charge in [-0.2, -0.15) is 0 Å². The fraction of sp³-hybridized carbons (Fsp3) is 0.308. The molecule has 0 spiro atoms. The van der Waals surface area contributed by atoms with E-state index in [9.17, 15) is 9.59 Å². The zero-order chi connectivity index (χ0) is 14.8. The number of hydrogen-bond donors (Lipinski definition) is 1. The molecule has 0 aliphatic rings. The van der Waals surface area contributed by atoms with Gasteiger partial charge >= 0.3 is 6.09 Å². The number of carbonyl (C=O) groups is 2. The lowest BCUT2D eigenvalue weighted by molar-refractivity contribution is -0.116.